The summed E-state index contributed by atoms with van der Waals surface area (Å²) in [5.41, 5.74) is 3.41. The van der Waals surface area contributed by atoms with Crippen molar-refractivity contribution in [3.05, 3.63) is 11.6 Å². The molecule has 3 fully saturated rings. The van der Waals surface area contributed by atoms with E-state index in [0.717, 1.165) is 82.0 Å². The number of ketones is 1. The van der Waals surface area contributed by atoms with Crippen LogP contribution in [0.3, 0.4) is 0 Å². The molecule has 4 aliphatic rings. The second kappa shape index (κ2) is 12.5. The predicted octanol–water partition coefficient (Wildman–Crippen LogP) is 5.82. The Labute approximate surface area is 239 Å². The molecule has 0 aromatic rings. The summed E-state index contributed by atoms with van der Waals surface area (Å²) in [5, 5.41) is 12.3. The van der Waals surface area contributed by atoms with Crippen LogP contribution in [0.5, 0.6) is 0 Å². The molecule has 4 rings (SSSR count). The van der Waals surface area contributed by atoms with Gasteiger partial charge in [-0.05, 0) is 101 Å². The van der Waals surface area contributed by atoms with Crippen LogP contribution in [0.1, 0.15) is 92.4 Å². The number of allylic oxidation sites excluding steroid dienone is 1. The van der Waals surface area contributed by atoms with Gasteiger partial charge in [0, 0.05) is 63.2 Å². The number of nitrogens with one attached hydrogen (secondary N) is 2. The topological polar surface area (TPSA) is 71.8 Å². The molecule has 0 bridgehead atoms. The maximum atomic E-state index is 12.2. The fourth-order valence-corrected chi connectivity index (χ4v) is 9.04. The van der Waals surface area contributed by atoms with Crippen LogP contribution in [-0.2, 0) is 4.79 Å². The molecule has 3 saturated carbocycles. The Morgan fingerprint density at radius 3 is 2.56 bits per heavy atom. The minimum Gasteiger partial charge on any atom is -0.358 e. The van der Waals surface area contributed by atoms with Gasteiger partial charge in [-0.1, -0.05) is 33.3 Å². The molecule has 0 radical (unpaired) electrons. The fraction of sp³-hybridized carbons (Fsp3) is 0.848. The monoisotopic (exact) mass is 539 g/mol. The van der Waals surface area contributed by atoms with Gasteiger partial charge < -0.3 is 15.1 Å². The first kappa shape index (κ1) is 30.4. The summed E-state index contributed by atoms with van der Waals surface area (Å²) in [5.74, 6) is 4.00. The third-order valence-corrected chi connectivity index (χ3v) is 11.3. The third-order valence-electron chi connectivity index (χ3n) is 11.3. The summed E-state index contributed by atoms with van der Waals surface area (Å²) >= 11 is 0. The molecule has 6 nitrogen and oxygen atoms in total. The Kier molecular flexibility index (Phi) is 9.79. The number of aliphatic imine (C=N–C) groups is 1. The van der Waals surface area contributed by atoms with Gasteiger partial charge >= 0.3 is 0 Å². The van der Waals surface area contributed by atoms with Gasteiger partial charge in [-0.15, -0.1) is 0 Å². The van der Waals surface area contributed by atoms with Crippen molar-refractivity contribution in [3.63, 3.8) is 0 Å². The van der Waals surface area contributed by atoms with E-state index in [4.69, 9.17) is 10.4 Å². The van der Waals surface area contributed by atoms with E-state index in [9.17, 15) is 4.79 Å². The third kappa shape index (κ3) is 6.53. The first-order valence-corrected chi connectivity index (χ1v) is 15.9. The first-order chi connectivity index (χ1) is 18.5. The largest absolute Gasteiger partial charge is 0.358 e. The number of carbonyl (C=O) groups is 1. The van der Waals surface area contributed by atoms with E-state index in [1.54, 1.807) is 0 Å². The van der Waals surface area contributed by atoms with Crippen molar-refractivity contribution in [3.8, 4) is 0 Å². The minimum atomic E-state index is 0.253. The van der Waals surface area contributed by atoms with Crippen LogP contribution in [0.15, 0.2) is 16.6 Å². The lowest BCUT2D eigenvalue weighted by atomic mass is 9.46. The number of likely N-dealkylation sites (N-methyl/N-ethyl adjacent to an activating group) is 1. The van der Waals surface area contributed by atoms with Crippen LogP contribution < -0.4 is 5.32 Å². The van der Waals surface area contributed by atoms with Crippen LogP contribution >= 0.6 is 0 Å². The van der Waals surface area contributed by atoms with E-state index in [0.29, 0.717) is 23.2 Å². The van der Waals surface area contributed by atoms with Crippen LogP contribution in [0.2, 0.25) is 0 Å². The quantitative estimate of drug-likeness (QED) is 0.256. The van der Waals surface area contributed by atoms with E-state index in [1.165, 1.54) is 43.4 Å². The molecule has 0 heterocycles. The van der Waals surface area contributed by atoms with Gasteiger partial charge in [0.25, 0.3) is 0 Å². The molecule has 39 heavy (non-hydrogen) atoms. The molecule has 0 aromatic heterocycles. The van der Waals surface area contributed by atoms with Gasteiger partial charge in [0.2, 0.25) is 0 Å². The standard InChI is InChI=1S/C33H57N5O/c1-23(2)35-18-19-38(21-20-37(6)7)31(34)14-17-36-24(3)28-10-11-29-27-9-8-25-22-26(39)12-15-32(25,4)30(27)13-16-33(28,29)5/h22-23,27-30,34-35H,8-21H2,1-7H3/t27-,28+,29-,30-,32?,33+/m0/s1. The van der Waals surface area contributed by atoms with Crippen molar-refractivity contribution in [2.75, 3.05) is 46.8 Å². The Balaban J connectivity index is 1.36. The molecule has 6 atom stereocenters. The Morgan fingerprint density at radius 1 is 1.08 bits per heavy atom. The lowest BCUT2D eigenvalue weighted by molar-refractivity contribution is -0.117. The maximum absolute atomic E-state index is 12.2. The summed E-state index contributed by atoms with van der Waals surface area (Å²) in [7, 11) is 4.20. The van der Waals surface area contributed by atoms with Crippen LogP contribution in [0.4, 0.5) is 0 Å². The maximum Gasteiger partial charge on any atom is 0.155 e. The summed E-state index contributed by atoms with van der Waals surface area (Å²) in [6.07, 6.45) is 12.2. The highest BCUT2D eigenvalue weighted by molar-refractivity contribution is 5.91. The van der Waals surface area contributed by atoms with Crippen LogP contribution in [-0.4, -0.2) is 80.0 Å². The second-order valence-corrected chi connectivity index (χ2v) is 14.3. The molecule has 1 unspecified atom stereocenters. The van der Waals surface area contributed by atoms with Crippen molar-refractivity contribution in [1.29, 1.82) is 5.41 Å². The van der Waals surface area contributed by atoms with Gasteiger partial charge in [-0.3, -0.25) is 15.2 Å². The highest BCUT2D eigenvalue weighted by Gasteiger charge is 2.59. The minimum absolute atomic E-state index is 0.253. The molecule has 4 aliphatic carbocycles. The van der Waals surface area contributed by atoms with Crippen molar-refractivity contribution < 1.29 is 4.79 Å². The number of rotatable bonds is 11. The highest BCUT2D eigenvalue weighted by Crippen LogP contribution is 2.66. The zero-order valence-corrected chi connectivity index (χ0v) is 26.1. The van der Waals surface area contributed by atoms with Crippen molar-refractivity contribution in [1.82, 2.24) is 15.1 Å². The number of hydrogen-bond acceptors (Lipinski definition) is 5. The van der Waals surface area contributed by atoms with Gasteiger partial charge in [0.05, 0.1) is 5.84 Å². The summed E-state index contributed by atoms with van der Waals surface area (Å²) < 4.78 is 0. The zero-order chi connectivity index (χ0) is 28.4. The summed E-state index contributed by atoms with van der Waals surface area (Å²) in [6.45, 7) is 16.1. The van der Waals surface area contributed by atoms with E-state index in [2.05, 4.69) is 63.8 Å². The lowest BCUT2D eigenvalue weighted by Crippen LogP contribution is -2.51. The molecule has 0 aliphatic heterocycles. The molecule has 0 amide bonds. The summed E-state index contributed by atoms with van der Waals surface area (Å²) in [6, 6.07) is 0.468. The Morgan fingerprint density at radius 2 is 1.85 bits per heavy atom. The van der Waals surface area contributed by atoms with Crippen LogP contribution in [0, 0.1) is 39.9 Å². The SMILES string of the molecule is CC(=NCCC(=N)N(CCNC(C)C)CCN(C)C)[C@H]1CC[C@H]2[C@@H]3CCC4=CC(=O)CCC4(C)[C@H]3CC[C@]12C. The molecular weight excluding hydrogens is 482 g/mol. The van der Waals surface area contributed by atoms with Gasteiger partial charge in [-0.25, -0.2) is 0 Å². The first-order valence-electron chi connectivity index (χ1n) is 15.9. The smallest absolute Gasteiger partial charge is 0.155 e. The molecule has 0 aromatic carbocycles. The molecule has 2 N–H and O–H groups in total. The van der Waals surface area contributed by atoms with Crippen molar-refractivity contribution in [2.45, 2.75) is 98.4 Å². The molecular formula is C33H57N5O. The summed E-state index contributed by atoms with van der Waals surface area (Å²) in [4.78, 5) is 21.7. The van der Waals surface area contributed by atoms with E-state index < -0.39 is 0 Å². The van der Waals surface area contributed by atoms with E-state index in [1.807, 2.05) is 6.08 Å². The fourth-order valence-electron chi connectivity index (χ4n) is 9.04. The van der Waals surface area contributed by atoms with Crippen molar-refractivity contribution >= 4 is 17.3 Å². The predicted molar refractivity (Wildman–Crippen MR) is 164 cm³/mol. The number of carbonyl (C=O) groups excluding carboxylic acids is 1. The lowest BCUT2D eigenvalue weighted by Gasteiger charge is -2.58. The Hall–Kier alpha value is -1.53. The van der Waals surface area contributed by atoms with Gasteiger partial charge in [-0.2, -0.15) is 0 Å². The van der Waals surface area contributed by atoms with E-state index in [-0.39, 0.29) is 5.41 Å². The number of fused-ring (bicyclic) bond motifs is 5. The van der Waals surface area contributed by atoms with Crippen LogP contribution in [0.25, 0.3) is 0 Å². The number of hydrogen-bond donors (Lipinski definition) is 2. The molecule has 0 spiro atoms. The molecule has 0 saturated heterocycles. The Bertz CT molecular complexity index is 954. The molecule has 220 valence electrons. The second-order valence-electron chi connectivity index (χ2n) is 14.3. The highest BCUT2D eigenvalue weighted by atomic mass is 16.1. The number of amidine groups is 1. The average molecular weight is 540 g/mol. The van der Waals surface area contributed by atoms with E-state index >= 15 is 0 Å². The zero-order valence-electron chi connectivity index (χ0n) is 26.1. The van der Waals surface area contributed by atoms with Gasteiger partial charge in [0.1, 0.15) is 0 Å². The number of nitrogens with zero attached hydrogens (tertiary/aromatic N) is 3. The molecule has 6 heteroatoms. The normalized spacial score (nSPS) is 34.5. The van der Waals surface area contributed by atoms with Gasteiger partial charge in [0.15, 0.2) is 5.78 Å². The van der Waals surface area contributed by atoms with Crippen molar-refractivity contribution in [2.24, 2.45) is 39.5 Å². The average Bonchev–Trinajstić information content (AvgIpc) is 3.23.